The lowest BCUT2D eigenvalue weighted by Gasteiger charge is -2.31. The number of nitrogens with one attached hydrogen (secondary N) is 1. The summed E-state index contributed by atoms with van der Waals surface area (Å²) >= 11 is 1.67. The van der Waals surface area contributed by atoms with Crippen LogP contribution in [0.1, 0.15) is 37.0 Å². The van der Waals surface area contributed by atoms with Gasteiger partial charge in [-0.1, -0.05) is 12.1 Å². The van der Waals surface area contributed by atoms with Gasteiger partial charge in [-0.15, -0.1) is 11.3 Å². The van der Waals surface area contributed by atoms with Crippen molar-refractivity contribution in [3.8, 4) is 0 Å². The molecule has 0 saturated heterocycles. The zero-order valence-electron chi connectivity index (χ0n) is 12.4. The van der Waals surface area contributed by atoms with Gasteiger partial charge in [-0.25, -0.2) is 9.37 Å². The number of rotatable bonds is 5. The van der Waals surface area contributed by atoms with Gasteiger partial charge in [-0.2, -0.15) is 0 Å². The second-order valence-corrected chi connectivity index (χ2v) is 6.59. The molecule has 4 heteroatoms. The maximum atomic E-state index is 13.0. The van der Waals surface area contributed by atoms with E-state index in [4.69, 9.17) is 0 Å². The Morgan fingerprint density at radius 1 is 1.30 bits per heavy atom. The Labute approximate surface area is 124 Å². The third kappa shape index (κ3) is 3.64. The molecule has 1 atom stereocenters. The van der Waals surface area contributed by atoms with E-state index in [0.717, 1.165) is 22.7 Å². The number of benzene rings is 1. The number of aromatic nitrogens is 1. The van der Waals surface area contributed by atoms with Crippen molar-refractivity contribution in [1.82, 2.24) is 10.3 Å². The van der Waals surface area contributed by atoms with E-state index in [1.807, 2.05) is 19.1 Å². The molecule has 1 aromatic heterocycles. The van der Waals surface area contributed by atoms with Crippen LogP contribution in [0.2, 0.25) is 0 Å². The SMILES string of the molecule is Cc1csc(C(C)(Cc2ccc(F)cc2)NC(C)C)n1. The van der Waals surface area contributed by atoms with E-state index < -0.39 is 0 Å². The van der Waals surface area contributed by atoms with Gasteiger partial charge >= 0.3 is 0 Å². The molecule has 0 aliphatic carbocycles. The minimum absolute atomic E-state index is 0.197. The molecule has 0 aliphatic rings. The van der Waals surface area contributed by atoms with Crippen molar-refractivity contribution >= 4 is 11.3 Å². The average Bonchev–Trinajstić information content (AvgIpc) is 2.79. The lowest BCUT2D eigenvalue weighted by Crippen LogP contribution is -2.45. The van der Waals surface area contributed by atoms with E-state index in [9.17, 15) is 4.39 Å². The highest BCUT2D eigenvalue weighted by Crippen LogP contribution is 2.29. The fourth-order valence-corrected chi connectivity index (χ4v) is 3.37. The monoisotopic (exact) mass is 292 g/mol. The van der Waals surface area contributed by atoms with Crippen molar-refractivity contribution in [3.63, 3.8) is 0 Å². The average molecular weight is 292 g/mol. The van der Waals surface area contributed by atoms with Crippen LogP contribution in [0, 0.1) is 12.7 Å². The topological polar surface area (TPSA) is 24.9 Å². The molecule has 1 N–H and O–H groups in total. The third-order valence-corrected chi connectivity index (χ3v) is 4.39. The number of thiazole rings is 1. The molecular formula is C16H21FN2S. The molecule has 0 radical (unpaired) electrons. The minimum atomic E-state index is -0.231. The zero-order chi connectivity index (χ0) is 14.8. The van der Waals surface area contributed by atoms with E-state index >= 15 is 0 Å². The maximum absolute atomic E-state index is 13.0. The van der Waals surface area contributed by atoms with Crippen LogP contribution in [0.25, 0.3) is 0 Å². The molecule has 108 valence electrons. The number of halogens is 1. The standard InChI is InChI=1S/C16H21FN2S/c1-11(2)19-16(4,15-18-12(3)10-20-15)9-13-5-7-14(17)8-6-13/h5-8,10-11,19H,9H2,1-4H3. The van der Waals surface area contributed by atoms with Gasteiger partial charge in [0.25, 0.3) is 0 Å². The molecule has 1 heterocycles. The van der Waals surface area contributed by atoms with Gasteiger partial charge in [0.1, 0.15) is 10.8 Å². The highest BCUT2D eigenvalue weighted by Gasteiger charge is 2.30. The first-order valence-corrected chi connectivity index (χ1v) is 7.72. The van der Waals surface area contributed by atoms with Crippen molar-refractivity contribution in [2.75, 3.05) is 0 Å². The van der Waals surface area contributed by atoms with Crippen LogP contribution in [-0.4, -0.2) is 11.0 Å². The summed E-state index contributed by atoms with van der Waals surface area (Å²) in [5.41, 5.74) is 1.92. The van der Waals surface area contributed by atoms with Crippen molar-refractivity contribution in [1.29, 1.82) is 0 Å². The maximum Gasteiger partial charge on any atom is 0.123 e. The lowest BCUT2D eigenvalue weighted by atomic mass is 9.92. The fourth-order valence-electron chi connectivity index (χ4n) is 2.44. The van der Waals surface area contributed by atoms with Crippen molar-refractivity contribution in [2.45, 2.75) is 45.7 Å². The van der Waals surface area contributed by atoms with Gasteiger partial charge < -0.3 is 5.32 Å². The largest absolute Gasteiger partial charge is 0.303 e. The molecule has 0 amide bonds. The molecule has 20 heavy (non-hydrogen) atoms. The molecule has 1 aromatic carbocycles. The summed E-state index contributed by atoms with van der Waals surface area (Å²) in [6.07, 6.45) is 0.790. The van der Waals surface area contributed by atoms with Crippen LogP contribution in [-0.2, 0) is 12.0 Å². The summed E-state index contributed by atoms with van der Waals surface area (Å²) in [5.74, 6) is -0.197. The molecule has 0 spiro atoms. The quantitative estimate of drug-likeness (QED) is 0.899. The number of aryl methyl sites for hydroxylation is 1. The Balaban J connectivity index is 2.29. The highest BCUT2D eigenvalue weighted by molar-refractivity contribution is 7.09. The Morgan fingerprint density at radius 3 is 2.45 bits per heavy atom. The predicted octanol–water partition coefficient (Wildman–Crippen LogP) is 4.05. The summed E-state index contributed by atoms with van der Waals surface area (Å²) in [5, 5.41) is 6.75. The number of hydrogen-bond donors (Lipinski definition) is 1. The number of hydrogen-bond acceptors (Lipinski definition) is 3. The second-order valence-electron chi connectivity index (χ2n) is 5.73. The van der Waals surface area contributed by atoms with Crippen LogP contribution in [0.4, 0.5) is 4.39 Å². The van der Waals surface area contributed by atoms with Gasteiger partial charge in [0.2, 0.25) is 0 Å². The summed E-state index contributed by atoms with van der Waals surface area (Å²) in [4.78, 5) is 4.63. The molecule has 2 nitrogen and oxygen atoms in total. The Morgan fingerprint density at radius 2 is 1.95 bits per heavy atom. The molecular weight excluding hydrogens is 271 g/mol. The molecule has 2 aromatic rings. The lowest BCUT2D eigenvalue weighted by molar-refractivity contribution is 0.329. The van der Waals surface area contributed by atoms with Crippen molar-refractivity contribution in [3.05, 3.63) is 51.7 Å². The van der Waals surface area contributed by atoms with Crippen LogP contribution in [0.5, 0.6) is 0 Å². The molecule has 0 fully saturated rings. The minimum Gasteiger partial charge on any atom is -0.303 e. The summed E-state index contributed by atoms with van der Waals surface area (Å²) in [6.45, 7) is 8.43. The first kappa shape index (κ1) is 15.1. The first-order valence-electron chi connectivity index (χ1n) is 6.84. The fraction of sp³-hybridized carbons (Fsp3) is 0.438. The Bertz CT molecular complexity index is 562. The Kier molecular flexibility index (Phi) is 4.55. The van der Waals surface area contributed by atoms with Gasteiger partial charge in [0.05, 0.1) is 5.54 Å². The van der Waals surface area contributed by atoms with Crippen LogP contribution < -0.4 is 5.32 Å². The van der Waals surface area contributed by atoms with Gasteiger partial charge in [-0.05, 0) is 51.8 Å². The van der Waals surface area contributed by atoms with E-state index in [2.05, 4.69) is 36.5 Å². The molecule has 0 saturated carbocycles. The summed E-state index contributed by atoms with van der Waals surface area (Å²) in [6, 6.07) is 7.06. The summed E-state index contributed by atoms with van der Waals surface area (Å²) in [7, 11) is 0. The third-order valence-electron chi connectivity index (χ3n) is 3.17. The van der Waals surface area contributed by atoms with Crippen LogP contribution in [0.3, 0.4) is 0 Å². The summed E-state index contributed by atoms with van der Waals surface area (Å²) < 4.78 is 13.0. The molecule has 0 aliphatic heterocycles. The molecule has 0 bridgehead atoms. The van der Waals surface area contributed by atoms with E-state index in [0.29, 0.717) is 6.04 Å². The van der Waals surface area contributed by atoms with Gasteiger partial charge in [0, 0.05) is 17.1 Å². The van der Waals surface area contributed by atoms with E-state index in [1.165, 1.54) is 12.1 Å². The van der Waals surface area contributed by atoms with E-state index in [1.54, 1.807) is 11.3 Å². The highest BCUT2D eigenvalue weighted by atomic mass is 32.1. The smallest absolute Gasteiger partial charge is 0.123 e. The predicted molar refractivity (Wildman–Crippen MR) is 82.6 cm³/mol. The van der Waals surface area contributed by atoms with Gasteiger partial charge in [-0.3, -0.25) is 0 Å². The first-order chi connectivity index (χ1) is 9.39. The van der Waals surface area contributed by atoms with Crippen LogP contribution in [0.15, 0.2) is 29.6 Å². The molecule has 1 unspecified atom stereocenters. The molecule has 2 rings (SSSR count). The van der Waals surface area contributed by atoms with Crippen LogP contribution >= 0.6 is 11.3 Å². The zero-order valence-corrected chi connectivity index (χ0v) is 13.2. The van der Waals surface area contributed by atoms with Gasteiger partial charge in [0.15, 0.2) is 0 Å². The normalized spacial score (nSPS) is 14.5. The Hall–Kier alpha value is -1.26. The second kappa shape index (κ2) is 6.02. The van der Waals surface area contributed by atoms with E-state index in [-0.39, 0.29) is 11.4 Å². The van der Waals surface area contributed by atoms with Crippen molar-refractivity contribution < 1.29 is 4.39 Å². The number of nitrogens with zero attached hydrogens (tertiary/aromatic N) is 1. The van der Waals surface area contributed by atoms with Crippen molar-refractivity contribution in [2.24, 2.45) is 0 Å².